The average Bonchev–Trinajstić information content (AvgIpc) is 2.04. The van der Waals surface area contributed by atoms with E-state index in [2.05, 4.69) is 54.5 Å². The smallest absolute Gasteiger partial charge is 0.317 e. The summed E-state index contributed by atoms with van der Waals surface area (Å²) in [5.74, 6) is -0.969. The molecular weight excluding hydrogens is 1100 g/mol. The molecule has 0 aromatic rings. The van der Waals surface area contributed by atoms with Crippen molar-refractivity contribution in [2.45, 2.75) is 280 Å². The molecule has 0 aromatic heterocycles. The summed E-state index contributed by atoms with van der Waals surface area (Å²) in [4.78, 5) is 15.4. The quantitative estimate of drug-likeness (QED) is 0.0632. The van der Waals surface area contributed by atoms with E-state index in [9.17, 15) is 71.5 Å². The molecule has 5 aliphatic carbocycles. The number of carbonyl (C=O) groups is 1. The maximum atomic E-state index is 15.4. The first-order valence-electron chi connectivity index (χ1n) is 30.0. The number of ether oxygens (including phenoxy) is 10. The highest BCUT2D eigenvalue weighted by Gasteiger charge is 2.72. The first-order valence-corrected chi connectivity index (χ1v) is 30.0. The fourth-order valence-electron chi connectivity index (χ4n) is 17.5. The van der Waals surface area contributed by atoms with Crippen LogP contribution in [0.25, 0.3) is 0 Å². The van der Waals surface area contributed by atoms with Crippen LogP contribution in [0, 0.1) is 50.2 Å². The van der Waals surface area contributed by atoms with Gasteiger partial charge in [-0.1, -0.05) is 60.1 Å². The summed E-state index contributed by atoms with van der Waals surface area (Å²) in [5.41, 5.74) is -2.21. The van der Waals surface area contributed by atoms with Gasteiger partial charge in [0.25, 0.3) is 0 Å². The van der Waals surface area contributed by atoms with Gasteiger partial charge >= 0.3 is 5.97 Å². The summed E-state index contributed by atoms with van der Waals surface area (Å²) in [5, 5.41) is 153. The third-order valence-electron chi connectivity index (χ3n) is 22.7. The van der Waals surface area contributed by atoms with Gasteiger partial charge < -0.3 is 119 Å². The molecule has 0 radical (unpaired) electrons. The van der Waals surface area contributed by atoms with Crippen LogP contribution in [-0.2, 0) is 52.2 Å². The van der Waals surface area contributed by atoms with Gasteiger partial charge in [-0.3, -0.25) is 4.79 Å². The molecule has 0 amide bonds. The molecule has 0 unspecified atom stereocenters. The number of aliphatic hydroxyl groups excluding tert-OH is 14. The van der Waals surface area contributed by atoms with Gasteiger partial charge in [0.15, 0.2) is 37.6 Å². The van der Waals surface area contributed by atoms with Crippen LogP contribution in [0.5, 0.6) is 0 Å². The summed E-state index contributed by atoms with van der Waals surface area (Å²) < 4.78 is 59.2. The van der Waals surface area contributed by atoms with E-state index in [4.69, 9.17) is 47.4 Å². The highest BCUT2D eigenvalue weighted by molar-refractivity contribution is 5.80. The van der Waals surface area contributed by atoms with Crippen molar-refractivity contribution >= 4 is 5.97 Å². The topological polar surface area (TPSA) is 393 Å². The number of aliphatic hydroxyl groups is 14. The van der Waals surface area contributed by atoms with Crippen LogP contribution in [0.2, 0.25) is 0 Å². The normalized spacial score (nSPS) is 55.1. The minimum absolute atomic E-state index is 0.143. The standard InChI is InChI=1S/C58H94O25/c1-23-35(63)38(66)41(69)48(75-23)81-45-27(60)18-34(80-47(45)72)79-44-24(2)76-49(43(71)40(44)68)82-46-36(64)28(61)22-74-51(46)83-52(73)58-17-16-53(3,4)19-26(58)25-10-11-31-55(7)14-13-33(78-50-42(70)39(67)37(65)29(21-59)77-50)54(5,6)30(55)12-15-56(31,8)57(25,9)20-32(58)62/h10,23-24,26-51,59-72H,11-22H2,1-9H3/t23-,24-,26-,27-,28+,29+,30-,31+,32+,33-,34-,35-,36-,37+,38+,39-,40+,41+,42+,43+,44-,45+,46+,47-,48-,49+,50+,51+,55-,56+,57+,58+/m0/s1. The van der Waals surface area contributed by atoms with E-state index in [0.717, 1.165) is 24.8 Å². The maximum Gasteiger partial charge on any atom is 0.317 e. The highest BCUT2D eigenvalue weighted by atomic mass is 16.8. The summed E-state index contributed by atoms with van der Waals surface area (Å²) in [6.07, 6.45) is -29.6. The second-order valence-corrected chi connectivity index (χ2v) is 28.3. The van der Waals surface area contributed by atoms with Crippen molar-refractivity contribution in [1.82, 2.24) is 0 Å². The number of carbonyl (C=O) groups excluding carboxylic acids is 1. The average molecular weight is 1190 g/mol. The molecule has 5 heterocycles. The monoisotopic (exact) mass is 1190 g/mol. The van der Waals surface area contributed by atoms with Gasteiger partial charge in [-0.2, -0.15) is 0 Å². The van der Waals surface area contributed by atoms with Crippen LogP contribution in [0.4, 0.5) is 0 Å². The molecule has 0 aromatic carbocycles. The molecule has 10 rings (SSSR count). The Bertz CT molecular complexity index is 2310. The summed E-state index contributed by atoms with van der Waals surface area (Å²) in [7, 11) is 0. The fraction of sp³-hybridized carbons (Fsp3) is 0.948. The molecule has 25 nitrogen and oxygen atoms in total. The van der Waals surface area contributed by atoms with Crippen molar-refractivity contribution in [3.8, 4) is 0 Å². The number of hydrogen-bond donors (Lipinski definition) is 14. The zero-order chi connectivity index (χ0) is 60.6. The minimum atomic E-state index is -1.92. The fourth-order valence-corrected chi connectivity index (χ4v) is 17.5. The van der Waals surface area contributed by atoms with E-state index in [0.29, 0.717) is 25.7 Å². The van der Waals surface area contributed by atoms with Crippen molar-refractivity contribution in [3.63, 3.8) is 0 Å². The number of esters is 1. The lowest BCUT2D eigenvalue weighted by Crippen LogP contribution is -2.68. The van der Waals surface area contributed by atoms with Crippen LogP contribution < -0.4 is 0 Å². The largest absolute Gasteiger partial charge is 0.432 e. The molecular formula is C58H94O25. The van der Waals surface area contributed by atoms with Gasteiger partial charge in [-0.15, -0.1) is 0 Å². The zero-order valence-electron chi connectivity index (χ0n) is 49.0. The molecule has 9 fully saturated rings. The van der Waals surface area contributed by atoms with E-state index in [1.165, 1.54) is 13.8 Å². The molecule has 5 saturated heterocycles. The van der Waals surface area contributed by atoms with Crippen LogP contribution in [0.15, 0.2) is 11.6 Å². The van der Waals surface area contributed by atoms with E-state index in [1.54, 1.807) is 0 Å². The first-order chi connectivity index (χ1) is 38.8. The second-order valence-electron chi connectivity index (χ2n) is 28.3. The van der Waals surface area contributed by atoms with Gasteiger partial charge in [0.2, 0.25) is 6.29 Å². The number of fused-ring (bicyclic) bond motifs is 7. The van der Waals surface area contributed by atoms with Gasteiger partial charge in [-0.05, 0) is 116 Å². The molecule has 0 bridgehead atoms. The lowest BCUT2D eigenvalue weighted by Gasteiger charge is -2.71. The third kappa shape index (κ3) is 10.7. The Morgan fingerprint density at radius 2 is 1.22 bits per heavy atom. The van der Waals surface area contributed by atoms with Crippen LogP contribution in [0.3, 0.4) is 0 Å². The molecule has 25 heteroatoms. The van der Waals surface area contributed by atoms with Crippen LogP contribution in [0.1, 0.15) is 127 Å². The van der Waals surface area contributed by atoms with Crippen molar-refractivity contribution in [2.75, 3.05) is 13.2 Å². The predicted molar refractivity (Wildman–Crippen MR) is 282 cm³/mol. The Kier molecular flexibility index (Phi) is 18.0. The number of allylic oxidation sites excluding steroid dienone is 2. The molecule has 83 heavy (non-hydrogen) atoms. The summed E-state index contributed by atoms with van der Waals surface area (Å²) >= 11 is 0. The zero-order valence-corrected chi connectivity index (χ0v) is 49.0. The Balaban J connectivity index is 0.829. The lowest BCUT2D eigenvalue weighted by molar-refractivity contribution is -0.386. The Morgan fingerprint density at radius 3 is 1.88 bits per heavy atom. The van der Waals surface area contributed by atoms with Gasteiger partial charge in [0.1, 0.15) is 84.8 Å². The van der Waals surface area contributed by atoms with Crippen molar-refractivity contribution < 1.29 is 124 Å². The molecule has 5 aliphatic heterocycles. The lowest BCUT2D eigenvalue weighted by atomic mass is 9.33. The molecule has 0 spiro atoms. The summed E-state index contributed by atoms with van der Waals surface area (Å²) in [6, 6.07) is 0. The van der Waals surface area contributed by atoms with Crippen LogP contribution in [-0.4, -0.2) is 244 Å². The Labute approximate surface area is 483 Å². The van der Waals surface area contributed by atoms with Gasteiger partial charge in [-0.25, -0.2) is 0 Å². The van der Waals surface area contributed by atoms with E-state index < -0.39 is 189 Å². The van der Waals surface area contributed by atoms with Crippen molar-refractivity contribution in [3.05, 3.63) is 11.6 Å². The van der Waals surface area contributed by atoms with Crippen LogP contribution >= 0.6 is 0 Å². The summed E-state index contributed by atoms with van der Waals surface area (Å²) in [6.45, 7) is 17.5. The maximum absolute atomic E-state index is 15.4. The molecule has 4 saturated carbocycles. The Hall–Kier alpha value is -1.71. The molecule has 32 atom stereocenters. The van der Waals surface area contributed by atoms with Crippen molar-refractivity contribution in [1.29, 1.82) is 0 Å². The number of hydrogen-bond acceptors (Lipinski definition) is 25. The SMILES string of the molecule is C[C@@H]1O[C@@H](O[C@@H]2[C@@H](O)C[C@@H](O[C@@H]3[C@H](O)[C@@H](O)[C@@H](O[C@H]4[C@@H](OC(=O)[C@]56CCC(C)(C)C[C@H]5C5=CC[C@@H]7[C@@]8(C)CC[C@H](O[C@H]9O[C@H](CO)[C@@H](O)[C@H](O)[C@H]9O)C(C)(C)[C@@H]8CC[C@@]7(C)[C@]5(C)C[C@H]6O)OC[C@@H](O)[C@@H]4O)O[C@H]3C)O[C@@H]2O)[C@H](O)[C@H](O)[C@H]1O. The Morgan fingerprint density at radius 1 is 0.590 bits per heavy atom. The van der Waals surface area contributed by atoms with E-state index in [1.807, 2.05) is 0 Å². The first kappa shape index (κ1) is 64.3. The molecule has 476 valence electrons. The van der Waals surface area contributed by atoms with Gasteiger partial charge in [0, 0.05) is 6.42 Å². The molecule has 14 N–H and O–H groups in total. The third-order valence-corrected chi connectivity index (χ3v) is 22.7. The van der Waals surface area contributed by atoms with E-state index in [-0.39, 0.29) is 53.4 Å². The minimum Gasteiger partial charge on any atom is -0.432 e. The second kappa shape index (κ2) is 23.3. The number of rotatable bonds is 11. The molecule has 10 aliphatic rings. The van der Waals surface area contributed by atoms with Crippen molar-refractivity contribution in [2.24, 2.45) is 50.2 Å². The predicted octanol–water partition coefficient (Wildman–Crippen LogP) is -1.56. The van der Waals surface area contributed by atoms with E-state index >= 15 is 4.79 Å². The van der Waals surface area contributed by atoms with Gasteiger partial charge in [0.05, 0.1) is 43.7 Å². The highest BCUT2D eigenvalue weighted by Crippen LogP contribution is 2.76.